The molecule has 1 aromatic carbocycles. The highest BCUT2D eigenvalue weighted by Crippen LogP contribution is 2.23. The molecular formula is C15H19N3O. The standard InChI is InChI=1S/C15H19N3O/c1-11-14(12-5-2-3-6-13(12)17-11)15(19)18-9-4-7-16-8-10-18/h2-3,5-6,16-17H,4,7-10H2,1H3. The van der Waals surface area contributed by atoms with E-state index in [4.69, 9.17) is 0 Å². The molecule has 1 aliphatic rings. The highest BCUT2D eigenvalue weighted by Gasteiger charge is 2.22. The molecule has 3 rings (SSSR count). The average Bonchev–Trinajstić information content (AvgIpc) is 2.61. The van der Waals surface area contributed by atoms with Crippen LogP contribution in [0.25, 0.3) is 10.9 Å². The van der Waals surface area contributed by atoms with Crippen LogP contribution in [-0.4, -0.2) is 42.0 Å². The molecule has 1 saturated heterocycles. The van der Waals surface area contributed by atoms with Crippen LogP contribution in [0.3, 0.4) is 0 Å². The zero-order valence-corrected chi connectivity index (χ0v) is 11.2. The first-order valence-corrected chi connectivity index (χ1v) is 6.84. The summed E-state index contributed by atoms with van der Waals surface area (Å²) in [6.07, 6.45) is 1.02. The highest BCUT2D eigenvalue weighted by atomic mass is 16.2. The van der Waals surface area contributed by atoms with Crippen molar-refractivity contribution in [3.63, 3.8) is 0 Å². The molecule has 0 unspecified atom stereocenters. The SMILES string of the molecule is Cc1[nH]c2ccccc2c1C(=O)N1CCCNCC1. The van der Waals surface area contributed by atoms with Crippen molar-refractivity contribution in [2.24, 2.45) is 0 Å². The molecule has 100 valence electrons. The monoisotopic (exact) mass is 257 g/mol. The normalized spacial score (nSPS) is 16.6. The number of para-hydroxylation sites is 1. The minimum atomic E-state index is 0.152. The predicted molar refractivity (Wildman–Crippen MR) is 76.4 cm³/mol. The van der Waals surface area contributed by atoms with Gasteiger partial charge >= 0.3 is 0 Å². The lowest BCUT2D eigenvalue weighted by molar-refractivity contribution is 0.0767. The Morgan fingerprint density at radius 3 is 2.95 bits per heavy atom. The van der Waals surface area contributed by atoms with Crippen LogP contribution in [0.1, 0.15) is 22.5 Å². The number of fused-ring (bicyclic) bond motifs is 1. The van der Waals surface area contributed by atoms with Gasteiger partial charge in [0.05, 0.1) is 5.56 Å². The predicted octanol–water partition coefficient (Wildman–Crippen LogP) is 1.91. The molecule has 4 heteroatoms. The summed E-state index contributed by atoms with van der Waals surface area (Å²) in [4.78, 5) is 18.0. The fraction of sp³-hybridized carbons (Fsp3) is 0.400. The second-order valence-electron chi connectivity index (χ2n) is 5.07. The third-order valence-electron chi connectivity index (χ3n) is 3.73. The number of hydrogen-bond donors (Lipinski definition) is 2. The van der Waals surface area contributed by atoms with Crippen LogP contribution in [0.5, 0.6) is 0 Å². The Morgan fingerprint density at radius 1 is 1.21 bits per heavy atom. The van der Waals surface area contributed by atoms with E-state index in [1.54, 1.807) is 0 Å². The van der Waals surface area contributed by atoms with Crippen LogP contribution < -0.4 is 5.32 Å². The summed E-state index contributed by atoms with van der Waals surface area (Å²) < 4.78 is 0. The van der Waals surface area contributed by atoms with Crippen molar-refractivity contribution in [1.82, 2.24) is 15.2 Å². The molecule has 4 nitrogen and oxygen atoms in total. The molecule has 0 aliphatic carbocycles. The van der Waals surface area contributed by atoms with Crippen molar-refractivity contribution in [1.29, 1.82) is 0 Å². The van der Waals surface area contributed by atoms with Gasteiger partial charge in [0.25, 0.3) is 5.91 Å². The molecule has 2 aromatic rings. The number of aryl methyl sites for hydroxylation is 1. The first kappa shape index (κ1) is 12.2. The second kappa shape index (κ2) is 5.05. The summed E-state index contributed by atoms with van der Waals surface area (Å²) in [5, 5.41) is 4.36. The number of aromatic amines is 1. The molecule has 0 saturated carbocycles. The van der Waals surface area contributed by atoms with Crippen LogP contribution in [0.2, 0.25) is 0 Å². The van der Waals surface area contributed by atoms with Crippen LogP contribution in [-0.2, 0) is 0 Å². The summed E-state index contributed by atoms with van der Waals surface area (Å²) in [6, 6.07) is 8.00. The summed E-state index contributed by atoms with van der Waals surface area (Å²) in [6.45, 7) is 5.48. The van der Waals surface area contributed by atoms with E-state index < -0.39 is 0 Å². The zero-order valence-electron chi connectivity index (χ0n) is 11.2. The van der Waals surface area contributed by atoms with E-state index >= 15 is 0 Å². The van der Waals surface area contributed by atoms with Gasteiger partial charge in [-0.3, -0.25) is 4.79 Å². The van der Waals surface area contributed by atoms with Crippen molar-refractivity contribution < 1.29 is 4.79 Å². The minimum absolute atomic E-state index is 0.152. The number of hydrogen-bond acceptors (Lipinski definition) is 2. The summed E-state index contributed by atoms with van der Waals surface area (Å²) >= 11 is 0. The third-order valence-corrected chi connectivity index (χ3v) is 3.73. The largest absolute Gasteiger partial charge is 0.358 e. The highest BCUT2D eigenvalue weighted by molar-refractivity contribution is 6.08. The first-order chi connectivity index (χ1) is 9.27. The number of carbonyl (C=O) groups is 1. The molecule has 19 heavy (non-hydrogen) atoms. The number of benzene rings is 1. The number of rotatable bonds is 1. The van der Waals surface area contributed by atoms with Gasteiger partial charge in [-0.05, 0) is 26.0 Å². The van der Waals surface area contributed by atoms with Gasteiger partial charge in [-0.1, -0.05) is 18.2 Å². The smallest absolute Gasteiger partial charge is 0.256 e. The lowest BCUT2D eigenvalue weighted by Crippen LogP contribution is -2.34. The molecule has 1 aromatic heterocycles. The fourth-order valence-electron chi connectivity index (χ4n) is 2.76. The van der Waals surface area contributed by atoms with E-state index in [1.165, 1.54) is 0 Å². The van der Waals surface area contributed by atoms with Gasteiger partial charge in [-0.15, -0.1) is 0 Å². The maximum Gasteiger partial charge on any atom is 0.256 e. The van der Waals surface area contributed by atoms with Gasteiger partial charge in [0.1, 0.15) is 0 Å². The van der Waals surface area contributed by atoms with Crippen LogP contribution in [0.4, 0.5) is 0 Å². The van der Waals surface area contributed by atoms with Gasteiger partial charge in [0, 0.05) is 36.2 Å². The number of amides is 1. The summed E-state index contributed by atoms with van der Waals surface area (Å²) in [5.74, 6) is 0.152. The van der Waals surface area contributed by atoms with E-state index in [-0.39, 0.29) is 5.91 Å². The van der Waals surface area contributed by atoms with E-state index in [9.17, 15) is 4.79 Å². The van der Waals surface area contributed by atoms with E-state index in [0.29, 0.717) is 0 Å². The Kier molecular flexibility index (Phi) is 3.25. The van der Waals surface area contributed by atoms with Gasteiger partial charge in [-0.25, -0.2) is 0 Å². The third kappa shape index (κ3) is 2.24. The Morgan fingerprint density at radius 2 is 2.05 bits per heavy atom. The first-order valence-electron chi connectivity index (χ1n) is 6.84. The average molecular weight is 257 g/mol. The maximum atomic E-state index is 12.7. The molecule has 1 aliphatic heterocycles. The number of carbonyl (C=O) groups excluding carboxylic acids is 1. The number of nitrogens with one attached hydrogen (secondary N) is 2. The van der Waals surface area contributed by atoms with E-state index in [1.807, 2.05) is 36.1 Å². The van der Waals surface area contributed by atoms with Crippen molar-refractivity contribution >= 4 is 16.8 Å². The molecule has 0 spiro atoms. The molecule has 0 atom stereocenters. The summed E-state index contributed by atoms with van der Waals surface area (Å²) in [5.41, 5.74) is 2.83. The van der Waals surface area contributed by atoms with Crippen molar-refractivity contribution in [2.45, 2.75) is 13.3 Å². The minimum Gasteiger partial charge on any atom is -0.358 e. The molecule has 2 N–H and O–H groups in total. The maximum absolute atomic E-state index is 12.7. The molecule has 0 radical (unpaired) electrons. The Hall–Kier alpha value is -1.81. The lowest BCUT2D eigenvalue weighted by atomic mass is 10.1. The summed E-state index contributed by atoms with van der Waals surface area (Å²) in [7, 11) is 0. The lowest BCUT2D eigenvalue weighted by Gasteiger charge is -2.20. The zero-order chi connectivity index (χ0) is 13.2. The number of aromatic nitrogens is 1. The van der Waals surface area contributed by atoms with E-state index in [0.717, 1.165) is 54.8 Å². The Labute approximate surface area is 112 Å². The van der Waals surface area contributed by atoms with Crippen LogP contribution in [0.15, 0.2) is 24.3 Å². The fourth-order valence-corrected chi connectivity index (χ4v) is 2.76. The molecule has 1 amide bonds. The van der Waals surface area contributed by atoms with Crippen LogP contribution in [0, 0.1) is 6.92 Å². The van der Waals surface area contributed by atoms with Gasteiger partial charge < -0.3 is 15.2 Å². The topological polar surface area (TPSA) is 48.1 Å². The Balaban J connectivity index is 1.98. The van der Waals surface area contributed by atoms with Gasteiger partial charge in [0.2, 0.25) is 0 Å². The Bertz CT molecular complexity index is 594. The van der Waals surface area contributed by atoms with Crippen molar-refractivity contribution in [3.05, 3.63) is 35.5 Å². The number of H-pyrrole nitrogens is 1. The molecule has 2 heterocycles. The van der Waals surface area contributed by atoms with Crippen molar-refractivity contribution in [2.75, 3.05) is 26.2 Å². The van der Waals surface area contributed by atoms with Crippen molar-refractivity contribution in [3.8, 4) is 0 Å². The molecular weight excluding hydrogens is 238 g/mol. The van der Waals surface area contributed by atoms with E-state index in [2.05, 4.69) is 10.3 Å². The quantitative estimate of drug-likeness (QED) is 0.820. The van der Waals surface area contributed by atoms with Gasteiger partial charge in [-0.2, -0.15) is 0 Å². The molecule has 0 bridgehead atoms. The second-order valence-corrected chi connectivity index (χ2v) is 5.07. The molecule has 1 fully saturated rings. The van der Waals surface area contributed by atoms with Gasteiger partial charge in [0.15, 0.2) is 0 Å². The number of nitrogens with zero attached hydrogens (tertiary/aromatic N) is 1. The van der Waals surface area contributed by atoms with Crippen LogP contribution >= 0.6 is 0 Å².